The molecule has 1 aromatic carbocycles. The van der Waals surface area contributed by atoms with Crippen LogP contribution in [0.15, 0.2) is 35.8 Å². The first-order valence-electron chi connectivity index (χ1n) is 6.78. The highest BCUT2D eigenvalue weighted by Crippen LogP contribution is 2.37. The number of nitro benzene ring substituents is 1. The molecule has 0 bridgehead atoms. The second-order valence-corrected chi connectivity index (χ2v) is 7.03. The Hall–Kier alpha value is -1.64. The Bertz CT molecular complexity index is 681. The van der Waals surface area contributed by atoms with Gasteiger partial charge in [-0.25, -0.2) is 0 Å². The van der Waals surface area contributed by atoms with Crippen molar-refractivity contribution in [3.8, 4) is 0 Å². The van der Waals surface area contributed by atoms with Crippen LogP contribution in [0.4, 0.5) is 11.4 Å². The summed E-state index contributed by atoms with van der Waals surface area (Å²) >= 11 is 12.6. The minimum absolute atomic E-state index is 0.0510. The molecule has 2 rings (SSSR count). The van der Waals surface area contributed by atoms with E-state index in [1.165, 1.54) is 17.8 Å². The van der Waals surface area contributed by atoms with Gasteiger partial charge in [0.1, 0.15) is 5.69 Å². The highest BCUT2D eigenvalue weighted by atomic mass is 35.5. The lowest BCUT2D eigenvalue weighted by Crippen LogP contribution is -2.28. The number of hydrogen-bond acceptors (Lipinski definition) is 4. The van der Waals surface area contributed by atoms with Gasteiger partial charge in [0.2, 0.25) is 0 Å². The number of halogens is 1. The van der Waals surface area contributed by atoms with E-state index >= 15 is 0 Å². The van der Waals surface area contributed by atoms with Gasteiger partial charge in [-0.1, -0.05) is 36.4 Å². The van der Waals surface area contributed by atoms with Gasteiger partial charge in [0, 0.05) is 29.4 Å². The Labute approximate surface area is 148 Å². The lowest BCUT2D eigenvalue weighted by molar-refractivity contribution is -0.384. The summed E-state index contributed by atoms with van der Waals surface area (Å²) in [5.41, 5.74) is 0.409. The van der Waals surface area contributed by atoms with Gasteiger partial charge in [0.15, 0.2) is 10.3 Å². The molecule has 9 heteroatoms. The van der Waals surface area contributed by atoms with E-state index in [0.717, 1.165) is 0 Å². The summed E-state index contributed by atoms with van der Waals surface area (Å²) in [7, 11) is 0. The first-order valence-corrected chi connectivity index (χ1v) is 8.44. The van der Waals surface area contributed by atoms with Gasteiger partial charge in [-0.2, -0.15) is 4.99 Å². The van der Waals surface area contributed by atoms with Gasteiger partial charge in [0.25, 0.3) is 5.69 Å². The van der Waals surface area contributed by atoms with Crippen molar-refractivity contribution in [2.75, 3.05) is 18.0 Å². The quantitative estimate of drug-likeness (QED) is 0.378. The van der Waals surface area contributed by atoms with E-state index < -0.39 is 4.92 Å². The maximum absolute atomic E-state index is 11.3. The predicted octanol–water partition coefficient (Wildman–Crippen LogP) is 3.61. The molecule has 1 aromatic rings. The third-order valence-corrected chi connectivity index (χ3v) is 4.54. The largest absolute Gasteiger partial charge is 0.357 e. The van der Waals surface area contributed by atoms with Crippen LogP contribution in [0.25, 0.3) is 0 Å². The maximum Gasteiger partial charge on any atom is 0.294 e. The van der Waals surface area contributed by atoms with Gasteiger partial charge >= 0.3 is 0 Å². The van der Waals surface area contributed by atoms with Crippen molar-refractivity contribution in [1.29, 1.82) is 0 Å². The number of thioether (sulfide) groups is 1. The fourth-order valence-corrected chi connectivity index (χ4v) is 3.48. The van der Waals surface area contributed by atoms with E-state index in [1.54, 1.807) is 23.1 Å². The van der Waals surface area contributed by atoms with Crippen molar-refractivity contribution in [3.05, 3.63) is 46.0 Å². The molecule has 1 fully saturated rings. The second-order valence-electron chi connectivity index (χ2n) is 4.80. The topological polar surface area (TPSA) is 70.8 Å². The molecule has 0 spiro atoms. The molecule has 1 aliphatic rings. The molecular formula is C14H15ClN4O2S2. The number of amidine groups is 1. The fraction of sp³-hybridized carbons (Fsp3) is 0.286. The number of nitro groups is 1. The Morgan fingerprint density at radius 3 is 3.13 bits per heavy atom. The van der Waals surface area contributed by atoms with Crippen LogP contribution in [-0.4, -0.2) is 33.5 Å². The van der Waals surface area contributed by atoms with Crippen LogP contribution in [0.5, 0.6) is 0 Å². The van der Waals surface area contributed by atoms with Gasteiger partial charge in [0.05, 0.1) is 4.92 Å². The SMILES string of the molecule is C=CCNC(=S)N=C1S[C@@H](C)CN1c1ccc(Cl)cc1[N+](=O)[O-]. The number of nitrogens with one attached hydrogen (secondary N) is 1. The lowest BCUT2D eigenvalue weighted by Gasteiger charge is -2.18. The number of rotatable bonds is 4. The van der Waals surface area contributed by atoms with Crippen molar-refractivity contribution in [1.82, 2.24) is 5.32 Å². The number of anilines is 1. The monoisotopic (exact) mass is 370 g/mol. The first-order chi connectivity index (χ1) is 10.9. The van der Waals surface area contributed by atoms with E-state index in [4.69, 9.17) is 23.8 Å². The van der Waals surface area contributed by atoms with Crippen LogP contribution in [-0.2, 0) is 0 Å². The number of benzene rings is 1. The van der Waals surface area contributed by atoms with Crippen LogP contribution < -0.4 is 10.2 Å². The van der Waals surface area contributed by atoms with Crippen LogP contribution in [0.3, 0.4) is 0 Å². The first kappa shape index (κ1) is 17.7. The molecule has 1 saturated heterocycles. The number of aliphatic imine (C=N–C) groups is 1. The standard InChI is InChI=1S/C14H15ClN4O2S2/c1-3-6-16-13(22)17-14-18(8-9(2)23-14)11-5-4-10(15)7-12(11)19(20)21/h3-5,7,9H,1,6,8H2,2H3,(H,16,22)/t9-/m0/s1. The number of nitrogens with zero attached hydrogens (tertiary/aromatic N) is 3. The van der Waals surface area contributed by atoms with Crippen molar-refractivity contribution in [3.63, 3.8) is 0 Å². The molecule has 0 aliphatic carbocycles. The van der Waals surface area contributed by atoms with Crippen molar-refractivity contribution in [2.24, 2.45) is 4.99 Å². The van der Waals surface area contributed by atoms with Gasteiger partial charge in [-0.3, -0.25) is 10.1 Å². The Kier molecular flexibility index (Phi) is 5.97. The molecule has 122 valence electrons. The van der Waals surface area contributed by atoms with Crippen molar-refractivity contribution < 1.29 is 4.92 Å². The molecule has 1 heterocycles. The third-order valence-electron chi connectivity index (χ3n) is 3.00. The van der Waals surface area contributed by atoms with E-state index in [-0.39, 0.29) is 10.9 Å². The number of thiocarbonyl (C=S) groups is 1. The normalized spacial score (nSPS) is 19.0. The molecular weight excluding hydrogens is 356 g/mol. The molecule has 0 unspecified atom stereocenters. The zero-order valence-corrected chi connectivity index (χ0v) is 14.7. The molecule has 1 atom stereocenters. The summed E-state index contributed by atoms with van der Waals surface area (Å²) in [4.78, 5) is 17.0. The molecule has 1 N–H and O–H groups in total. The van der Waals surface area contributed by atoms with Crippen LogP contribution in [0.2, 0.25) is 5.02 Å². The summed E-state index contributed by atoms with van der Waals surface area (Å²) in [5, 5.41) is 15.7. The highest BCUT2D eigenvalue weighted by molar-refractivity contribution is 8.15. The molecule has 0 radical (unpaired) electrons. The molecule has 0 saturated carbocycles. The molecule has 0 amide bonds. The Balaban J connectivity index is 2.36. The van der Waals surface area contributed by atoms with Gasteiger partial charge < -0.3 is 10.2 Å². The molecule has 6 nitrogen and oxygen atoms in total. The maximum atomic E-state index is 11.3. The second kappa shape index (κ2) is 7.76. The van der Waals surface area contributed by atoms with Crippen LogP contribution in [0, 0.1) is 10.1 Å². The van der Waals surface area contributed by atoms with Crippen molar-refractivity contribution in [2.45, 2.75) is 12.2 Å². The smallest absolute Gasteiger partial charge is 0.294 e. The van der Waals surface area contributed by atoms with E-state index in [2.05, 4.69) is 16.9 Å². The number of hydrogen-bond donors (Lipinski definition) is 1. The van der Waals surface area contributed by atoms with Gasteiger partial charge in [-0.05, 0) is 24.4 Å². The van der Waals surface area contributed by atoms with E-state index in [1.807, 2.05) is 6.92 Å². The molecule has 0 aromatic heterocycles. The average Bonchev–Trinajstić information content (AvgIpc) is 2.85. The summed E-state index contributed by atoms with van der Waals surface area (Å²) < 4.78 is 0. The zero-order valence-electron chi connectivity index (χ0n) is 12.4. The van der Waals surface area contributed by atoms with Crippen molar-refractivity contribution >= 4 is 57.2 Å². The van der Waals surface area contributed by atoms with Crippen LogP contribution >= 0.6 is 35.6 Å². The summed E-state index contributed by atoms with van der Waals surface area (Å²) in [6.45, 7) is 6.75. The Morgan fingerprint density at radius 2 is 2.48 bits per heavy atom. The fourth-order valence-electron chi connectivity index (χ4n) is 2.06. The predicted molar refractivity (Wildman–Crippen MR) is 101 cm³/mol. The molecule has 23 heavy (non-hydrogen) atoms. The minimum atomic E-state index is -0.444. The van der Waals surface area contributed by atoms with E-state index in [0.29, 0.717) is 34.1 Å². The summed E-state index contributed by atoms with van der Waals surface area (Å²) in [6.07, 6.45) is 1.68. The lowest BCUT2D eigenvalue weighted by atomic mass is 10.2. The zero-order chi connectivity index (χ0) is 17.0. The van der Waals surface area contributed by atoms with E-state index in [9.17, 15) is 10.1 Å². The Morgan fingerprint density at radius 1 is 1.74 bits per heavy atom. The summed E-state index contributed by atoms with van der Waals surface area (Å²) in [5.74, 6) is 0. The minimum Gasteiger partial charge on any atom is -0.357 e. The highest BCUT2D eigenvalue weighted by Gasteiger charge is 2.31. The summed E-state index contributed by atoms with van der Waals surface area (Å²) in [6, 6.07) is 4.61. The third kappa shape index (κ3) is 4.43. The molecule has 1 aliphatic heterocycles. The van der Waals surface area contributed by atoms with Gasteiger partial charge in [-0.15, -0.1) is 6.58 Å². The van der Waals surface area contributed by atoms with Crippen LogP contribution in [0.1, 0.15) is 6.92 Å². The average molecular weight is 371 g/mol.